The van der Waals surface area contributed by atoms with Crippen molar-refractivity contribution >= 4 is 22.8 Å². The topological polar surface area (TPSA) is 100 Å². The summed E-state index contributed by atoms with van der Waals surface area (Å²) in [6.07, 6.45) is 0.614. The van der Waals surface area contributed by atoms with E-state index in [-0.39, 0.29) is 17.5 Å². The number of nitrogens with zero attached hydrogens (tertiary/aromatic N) is 2. The lowest BCUT2D eigenvalue weighted by molar-refractivity contribution is -0.122. The van der Waals surface area contributed by atoms with Crippen molar-refractivity contribution in [2.45, 2.75) is 32.0 Å². The molecule has 0 aliphatic carbocycles. The summed E-state index contributed by atoms with van der Waals surface area (Å²) in [7, 11) is 0. The zero-order valence-corrected chi connectivity index (χ0v) is 15.5. The number of hydrogen-bond acceptors (Lipinski definition) is 6. The van der Waals surface area contributed by atoms with Crippen molar-refractivity contribution in [3.05, 3.63) is 70.5 Å². The molecule has 1 amide bonds. The Balaban J connectivity index is 1.46. The maximum atomic E-state index is 12.6. The molecule has 4 N–H and O–H groups in total. The van der Waals surface area contributed by atoms with Gasteiger partial charge in [-0.25, -0.2) is 15.8 Å². The summed E-state index contributed by atoms with van der Waals surface area (Å²) in [6.45, 7) is 2.30. The minimum atomic E-state index is -0.403. The minimum absolute atomic E-state index is 0.0598. The third-order valence-corrected chi connectivity index (χ3v) is 4.90. The molecule has 3 aromatic rings. The van der Waals surface area contributed by atoms with Crippen LogP contribution in [-0.4, -0.2) is 21.5 Å². The van der Waals surface area contributed by atoms with Gasteiger partial charge in [-0.2, -0.15) is 0 Å². The fourth-order valence-electron chi connectivity index (χ4n) is 3.39. The highest BCUT2D eigenvalue weighted by Crippen LogP contribution is 2.21. The van der Waals surface area contributed by atoms with Crippen molar-refractivity contribution in [2.75, 3.05) is 5.43 Å². The molecule has 2 aromatic carbocycles. The lowest BCUT2D eigenvalue weighted by Crippen LogP contribution is -2.46. The number of carbonyl (C=O) groups is 1. The van der Waals surface area contributed by atoms with Crippen LogP contribution in [0.2, 0.25) is 0 Å². The summed E-state index contributed by atoms with van der Waals surface area (Å²) in [6, 6.07) is 16.8. The van der Waals surface area contributed by atoms with Gasteiger partial charge in [0.1, 0.15) is 6.04 Å². The Hall–Kier alpha value is -3.23. The van der Waals surface area contributed by atoms with Gasteiger partial charge in [-0.3, -0.25) is 25.0 Å². The molecule has 1 fully saturated rings. The van der Waals surface area contributed by atoms with Crippen LogP contribution in [0.5, 0.6) is 0 Å². The number of carbonyl (C=O) groups excluding carboxylic acids is 1. The lowest BCUT2D eigenvalue weighted by atomic mass is 10.0. The second kappa shape index (κ2) is 7.79. The molecule has 0 bridgehead atoms. The quantitative estimate of drug-likeness (QED) is 0.502. The highest BCUT2D eigenvalue weighted by molar-refractivity contribution is 5.83. The van der Waals surface area contributed by atoms with Crippen LogP contribution >= 0.6 is 0 Å². The fourth-order valence-corrected chi connectivity index (χ4v) is 3.39. The second-order valence-electron chi connectivity index (χ2n) is 6.66. The van der Waals surface area contributed by atoms with E-state index in [0.29, 0.717) is 29.8 Å². The van der Waals surface area contributed by atoms with Gasteiger partial charge in [0, 0.05) is 12.6 Å². The van der Waals surface area contributed by atoms with Crippen molar-refractivity contribution < 1.29 is 4.79 Å². The first-order valence-electron chi connectivity index (χ1n) is 9.29. The molecule has 1 aliphatic rings. The summed E-state index contributed by atoms with van der Waals surface area (Å²) in [5.74, 6) is 0.0844. The van der Waals surface area contributed by atoms with Gasteiger partial charge in [0.05, 0.1) is 10.9 Å². The van der Waals surface area contributed by atoms with Crippen LogP contribution in [0.15, 0.2) is 59.4 Å². The molecule has 1 aliphatic heterocycles. The standard InChI is InChI=1S/C20H22N6O2/c1-2-26-19(28)14-10-6-7-11-15(14)21-20(26)25-24-18(27)17-12-16(22-23-17)13-8-4-3-5-9-13/h3-11,16-17,22-23H,2,12H2,1H3,(H,21,25)(H,24,27). The fraction of sp³-hybridized carbons (Fsp3) is 0.250. The summed E-state index contributed by atoms with van der Waals surface area (Å²) in [5, 5.41) is 0.550. The molecule has 1 saturated heterocycles. The van der Waals surface area contributed by atoms with E-state index in [0.717, 1.165) is 5.56 Å². The van der Waals surface area contributed by atoms with Gasteiger partial charge in [0.25, 0.3) is 11.5 Å². The van der Waals surface area contributed by atoms with E-state index in [9.17, 15) is 9.59 Å². The van der Waals surface area contributed by atoms with Crippen LogP contribution in [0, 0.1) is 0 Å². The first kappa shape index (κ1) is 18.1. The van der Waals surface area contributed by atoms with E-state index in [1.165, 1.54) is 4.57 Å². The van der Waals surface area contributed by atoms with Crippen LogP contribution in [0.4, 0.5) is 5.95 Å². The molecule has 2 atom stereocenters. The van der Waals surface area contributed by atoms with Gasteiger partial charge in [-0.1, -0.05) is 42.5 Å². The molecule has 8 heteroatoms. The monoisotopic (exact) mass is 378 g/mol. The van der Waals surface area contributed by atoms with E-state index in [4.69, 9.17) is 0 Å². The van der Waals surface area contributed by atoms with Crippen LogP contribution < -0.4 is 27.3 Å². The van der Waals surface area contributed by atoms with E-state index in [1.54, 1.807) is 12.1 Å². The molecule has 0 spiro atoms. The number of aromatic nitrogens is 2. The number of nitrogens with one attached hydrogen (secondary N) is 4. The lowest BCUT2D eigenvalue weighted by Gasteiger charge is -2.15. The molecule has 2 unspecified atom stereocenters. The third kappa shape index (κ3) is 3.47. The van der Waals surface area contributed by atoms with Gasteiger partial charge < -0.3 is 0 Å². The summed E-state index contributed by atoms with van der Waals surface area (Å²) >= 11 is 0. The Morgan fingerprint density at radius 2 is 1.89 bits per heavy atom. The summed E-state index contributed by atoms with van der Waals surface area (Å²) < 4.78 is 1.50. The highest BCUT2D eigenvalue weighted by Gasteiger charge is 2.30. The highest BCUT2D eigenvalue weighted by atomic mass is 16.2. The van der Waals surface area contributed by atoms with E-state index >= 15 is 0 Å². The predicted molar refractivity (Wildman–Crippen MR) is 107 cm³/mol. The Kier molecular flexibility index (Phi) is 5.05. The maximum Gasteiger partial charge on any atom is 0.262 e. The van der Waals surface area contributed by atoms with Crippen LogP contribution in [-0.2, 0) is 11.3 Å². The largest absolute Gasteiger partial charge is 0.277 e. The summed E-state index contributed by atoms with van der Waals surface area (Å²) in [5.41, 5.74) is 13.2. The van der Waals surface area contributed by atoms with E-state index in [2.05, 4.69) is 26.7 Å². The molecule has 28 heavy (non-hydrogen) atoms. The Labute approximate surface area is 161 Å². The van der Waals surface area contributed by atoms with Gasteiger partial charge in [0.2, 0.25) is 5.95 Å². The normalized spacial score (nSPS) is 18.9. The number of amides is 1. The molecular weight excluding hydrogens is 356 g/mol. The Bertz CT molecular complexity index is 1050. The molecule has 144 valence electrons. The van der Waals surface area contributed by atoms with Crippen molar-refractivity contribution in [3.8, 4) is 0 Å². The molecule has 2 heterocycles. The third-order valence-electron chi connectivity index (χ3n) is 4.90. The van der Waals surface area contributed by atoms with Crippen molar-refractivity contribution in [3.63, 3.8) is 0 Å². The molecule has 1 aromatic heterocycles. The smallest absolute Gasteiger partial charge is 0.262 e. The molecular formula is C20H22N6O2. The Morgan fingerprint density at radius 3 is 2.68 bits per heavy atom. The van der Waals surface area contributed by atoms with Crippen LogP contribution in [0.25, 0.3) is 10.9 Å². The number of anilines is 1. The van der Waals surface area contributed by atoms with E-state index in [1.807, 2.05) is 49.4 Å². The van der Waals surface area contributed by atoms with Crippen molar-refractivity contribution in [1.82, 2.24) is 25.8 Å². The SMILES string of the molecule is CCn1c(NNC(=O)C2CC(c3ccccc3)NN2)nc2ccccc2c1=O. The average Bonchev–Trinajstić information content (AvgIpc) is 3.23. The maximum absolute atomic E-state index is 12.6. The Morgan fingerprint density at radius 1 is 1.14 bits per heavy atom. The first-order valence-corrected chi connectivity index (χ1v) is 9.29. The molecule has 4 rings (SSSR count). The summed E-state index contributed by atoms with van der Waals surface area (Å²) in [4.78, 5) is 29.7. The van der Waals surface area contributed by atoms with Crippen LogP contribution in [0.3, 0.4) is 0 Å². The van der Waals surface area contributed by atoms with E-state index < -0.39 is 6.04 Å². The number of hydrazine groups is 2. The predicted octanol–water partition coefficient (Wildman–Crippen LogP) is 1.47. The number of para-hydroxylation sites is 1. The molecule has 0 radical (unpaired) electrons. The van der Waals surface area contributed by atoms with Crippen molar-refractivity contribution in [2.24, 2.45) is 0 Å². The van der Waals surface area contributed by atoms with Gasteiger partial charge in [-0.05, 0) is 31.0 Å². The number of benzene rings is 2. The van der Waals surface area contributed by atoms with Gasteiger partial charge >= 0.3 is 0 Å². The molecule has 0 saturated carbocycles. The minimum Gasteiger partial charge on any atom is -0.277 e. The average molecular weight is 378 g/mol. The first-order chi connectivity index (χ1) is 13.7. The van der Waals surface area contributed by atoms with Gasteiger partial charge in [0.15, 0.2) is 0 Å². The zero-order valence-electron chi connectivity index (χ0n) is 15.5. The van der Waals surface area contributed by atoms with Crippen molar-refractivity contribution in [1.29, 1.82) is 0 Å². The number of rotatable bonds is 5. The number of hydrogen-bond donors (Lipinski definition) is 4. The number of fused-ring (bicyclic) bond motifs is 1. The zero-order chi connectivity index (χ0) is 19.5. The van der Waals surface area contributed by atoms with Gasteiger partial charge in [-0.15, -0.1) is 0 Å². The molecule has 8 nitrogen and oxygen atoms in total. The van der Waals surface area contributed by atoms with Crippen LogP contribution in [0.1, 0.15) is 24.9 Å². The second-order valence-corrected chi connectivity index (χ2v) is 6.66.